The fraction of sp³-hybridized carbons (Fsp3) is 0.571. The zero-order valence-corrected chi connectivity index (χ0v) is 85.3. The first kappa shape index (κ1) is 115. The van der Waals surface area contributed by atoms with Gasteiger partial charge in [0, 0.05) is 26.4 Å². The number of hydrogen-bond acceptors (Lipinski definition) is 7. The van der Waals surface area contributed by atoms with E-state index in [1.165, 1.54) is 183 Å². The van der Waals surface area contributed by atoms with Crippen molar-refractivity contribution >= 4 is 29.5 Å². The average molecular weight is 2080 g/mol. The third-order valence-electron chi connectivity index (χ3n) is 33.1. The van der Waals surface area contributed by atoms with Crippen molar-refractivity contribution in [2.24, 2.45) is 76.9 Å². The second kappa shape index (κ2) is 55.0. The molecule has 0 bridgehead atoms. The summed E-state index contributed by atoms with van der Waals surface area (Å²) < 4.78 is 254. The van der Waals surface area contributed by atoms with Gasteiger partial charge in [0.1, 0.15) is 29.6 Å². The summed E-state index contributed by atoms with van der Waals surface area (Å²) in [5, 5.41) is 0.225. The molecule has 10 aliphatic carbocycles. The Kier molecular flexibility index (Phi) is 43.5. The van der Waals surface area contributed by atoms with Gasteiger partial charge in [0.15, 0.2) is 75.6 Å². The maximum atomic E-state index is 13.9. The monoisotopic (exact) mass is 2080 g/mol. The van der Waals surface area contributed by atoms with Crippen LogP contribution in [0.3, 0.4) is 0 Å². The maximum absolute atomic E-state index is 13.9. The minimum absolute atomic E-state index is 0. The minimum atomic E-state index is -5.11. The lowest BCUT2D eigenvalue weighted by Gasteiger charge is -2.37. The van der Waals surface area contributed by atoms with Crippen molar-refractivity contribution in [2.45, 2.75) is 353 Å². The molecule has 8 aromatic carbocycles. The predicted molar refractivity (Wildman–Crippen MR) is 551 cm³/mol. The molecule has 0 unspecified atom stereocenters. The van der Waals surface area contributed by atoms with Gasteiger partial charge in [-0.15, -0.1) is 13.2 Å². The smallest absolute Gasteiger partial charge is 0.459 e. The number of rotatable bonds is 15. The molecule has 145 heavy (non-hydrogen) atoms. The summed E-state index contributed by atoms with van der Waals surface area (Å²) in [6, 6.07) is 29.2. The van der Waals surface area contributed by atoms with Gasteiger partial charge in [0.25, 0.3) is 0 Å². The molecule has 0 radical (unpaired) electrons. The highest BCUT2D eigenvalue weighted by molar-refractivity contribution is 6.30. The van der Waals surface area contributed by atoms with Crippen LogP contribution in [-0.4, -0.2) is 36.5 Å². The summed E-state index contributed by atoms with van der Waals surface area (Å²) in [7, 11) is 0. The third-order valence-corrected chi connectivity index (χ3v) is 33.4. The van der Waals surface area contributed by atoms with Gasteiger partial charge < -0.3 is 18.9 Å². The number of esters is 3. The van der Waals surface area contributed by atoms with E-state index in [1.54, 1.807) is 30.3 Å². The van der Waals surface area contributed by atoms with E-state index in [0.29, 0.717) is 76.5 Å². The summed E-state index contributed by atoms with van der Waals surface area (Å²) in [5.41, 5.74) is 4.73. The molecule has 10 aliphatic rings. The Morgan fingerprint density at radius 3 is 0.855 bits per heavy atom. The molecule has 8 aromatic rings. The lowest BCUT2D eigenvalue weighted by Crippen LogP contribution is -2.29. The molecule has 0 aromatic heterocycles. The van der Waals surface area contributed by atoms with Gasteiger partial charge in [0.05, 0.1) is 21.7 Å². The van der Waals surface area contributed by atoms with E-state index in [1.807, 2.05) is 18.2 Å². The van der Waals surface area contributed by atoms with Gasteiger partial charge >= 0.3 is 24.3 Å². The number of halogens is 19. The molecule has 0 heterocycles. The van der Waals surface area contributed by atoms with E-state index in [0.717, 1.165) is 210 Å². The average Bonchev–Trinajstić information content (AvgIpc) is 0.796. The van der Waals surface area contributed by atoms with Crippen LogP contribution >= 0.6 is 11.6 Å². The molecule has 26 heteroatoms. The molecule has 0 spiro atoms. The maximum Gasteiger partial charge on any atom is 0.573 e. The highest BCUT2D eigenvalue weighted by Crippen LogP contribution is 2.49. The first-order valence-corrected chi connectivity index (χ1v) is 53.6. The molecule has 10 fully saturated rings. The summed E-state index contributed by atoms with van der Waals surface area (Å²) in [6.07, 6.45) is 40.4. The zero-order chi connectivity index (χ0) is 104. The third kappa shape index (κ3) is 34.8. The van der Waals surface area contributed by atoms with E-state index in [-0.39, 0.29) is 77.8 Å². The molecule has 814 valence electrons. The van der Waals surface area contributed by atoms with Crippen molar-refractivity contribution in [3.05, 3.63) is 270 Å². The Balaban J connectivity index is 0.000000610. The Labute approximate surface area is 864 Å². The number of alkyl halides is 3. The van der Waals surface area contributed by atoms with Crippen molar-refractivity contribution in [2.75, 3.05) is 0 Å². The number of hydrogen-bond donors (Lipinski definition) is 0. The van der Waals surface area contributed by atoms with Crippen LogP contribution in [0.1, 0.15) is 408 Å². The van der Waals surface area contributed by atoms with E-state index < -0.39 is 99.7 Å². The van der Waals surface area contributed by atoms with E-state index >= 15 is 0 Å². The molecule has 0 saturated heterocycles. The molecule has 18 rings (SSSR count). The molecule has 0 amide bonds. The molecule has 10 saturated carbocycles. The summed E-state index contributed by atoms with van der Waals surface area (Å²) in [6.45, 7) is 16.0. The highest BCUT2D eigenvalue weighted by Gasteiger charge is 2.39. The second-order valence-electron chi connectivity index (χ2n) is 43.9. The first-order valence-electron chi connectivity index (χ1n) is 53.2. The molecular formula is C119H163ClF18O7. The SMILES string of the molecule is CC1CCC(C2CCC(OC(=O)c3cc(F)c(F)c(F)c3)CC2)CC1.CC1CCC(C2CCC(OC(=O)c3ccc(F)cc3)CC2)CC1.CC1CCC(C2CCC(c3cc(F)c(OC(F)(F)F)c(F)c3)CC2)CC1.CC1CCC(c2cc(F)c(F)c(F)c2)CC1.CC1CCC(c2ccc(C(=O)Oc3cc(F)c(F)c(F)c3)cc2)CC1.CC1CCC(c2ccc(Cl)c(F)c2)CC1.CC1CCC(c2ccc(F)c(F)c2)CC1.[HH].[HH].[HH].[HH].[HH].[HH].[HH].[HH].[HH].[HH]. The second-order valence-corrected chi connectivity index (χ2v) is 44.3. The largest absolute Gasteiger partial charge is 0.573 e. The Morgan fingerprint density at radius 1 is 0.255 bits per heavy atom. The topological polar surface area (TPSA) is 88.1 Å². The number of benzene rings is 8. The molecule has 0 atom stereocenters. The standard InChI is InChI=1S/C20H25F5O.C20H25F3O2.C20H19F3O2.C20H27FO2.C13H16ClF.C13H15F3.C13H16F2.10H2/c1-12-2-4-13(5-3-12)14-6-8-15(9-7-14)16-10-17(21)19(18(22)11-16)26-20(23,24)25;1-12-2-4-13(5-3-12)14-6-8-16(9-7-14)25-20(24)15-10-17(21)19(23)18(22)11-15;1-12-2-4-13(5-3-12)14-6-8-15(9-7-14)20(24)25-16-10-17(21)19(23)18(22)11-16;1-14-2-4-15(5-3-14)16-8-12-19(13-9-16)23-20(22)17-6-10-18(21)11-7-17;1-9-2-4-10(5-3-9)11-6-7-12(14)13(15)8-11;1-8-2-4-9(5-3-8)10-6-11(14)13(16)12(15)7-10;1-9-2-4-10(5-3-9)11-6-7-12(14)13(15)8-11;;;;;;;;;;/h10-15H,2-9H2,1H3;10-14,16H,2-9H2,1H3;6-13H,2-5H2,1H3;6-7,10-11,14-16,19H,2-5,8-9,12-13H2,1H3;6-10H,2-5H2,1H3;6-9H,2-5H2,1H3;6-10H,2-5H2,1H3;10*1H. The van der Waals surface area contributed by atoms with Gasteiger partial charge in [-0.3, -0.25) is 0 Å². The Morgan fingerprint density at radius 2 is 0.510 bits per heavy atom. The van der Waals surface area contributed by atoms with E-state index in [4.69, 9.17) is 25.8 Å². The lowest BCUT2D eigenvalue weighted by atomic mass is 9.68. The normalized spacial score (nSPS) is 27.5. The highest BCUT2D eigenvalue weighted by atomic mass is 35.5. The molecular weight excluding hydrogens is 1920 g/mol. The van der Waals surface area contributed by atoms with E-state index in [9.17, 15) is 93.4 Å². The zero-order valence-electron chi connectivity index (χ0n) is 84.6. The van der Waals surface area contributed by atoms with Crippen molar-refractivity contribution in [1.29, 1.82) is 0 Å². The predicted octanol–water partition coefficient (Wildman–Crippen LogP) is 39.5. The Hall–Kier alpha value is -9.00. The number of ether oxygens (including phenoxy) is 4. The lowest BCUT2D eigenvalue weighted by molar-refractivity contribution is -0.276. The van der Waals surface area contributed by atoms with Crippen LogP contribution in [-0.2, 0) is 9.47 Å². The van der Waals surface area contributed by atoms with E-state index in [2.05, 4.69) is 53.2 Å². The fourth-order valence-electron chi connectivity index (χ4n) is 23.6. The van der Waals surface area contributed by atoms with Gasteiger partial charge in [-0.2, -0.15) is 0 Å². The molecule has 0 N–H and O–H groups in total. The van der Waals surface area contributed by atoms with Crippen LogP contribution in [0, 0.1) is 164 Å². The van der Waals surface area contributed by atoms with Gasteiger partial charge in [-0.05, 0) is 398 Å². The number of carbonyl (C=O) groups excluding carboxylic acids is 3. The van der Waals surface area contributed by atoms with Crippen LogP contribution in [0.4, 0.5) is 79.0 Å². The van der Waals surface area contributed by atoms with Crippen molar-refractivity contribution < 1.29 is 127 Å². The Bertz CT molecular complexity index is 5300. The summed E-state index contributed by atoms with van der Waals surface area (Å²) in [5.74, 6) is -8.59. The molecule has 7 nitrogen and oxygen atoms in total. The van der Waals surface area contributed by atoms with Gasteiger partial charge in [-0.25, -0.2) is 80.2 Å². The minimum Gasteiger partial charge on any atom is -0.459 e. The van der Waals surface area contributed by atoms with Crippen molar-refractivity contribution in [3.63, 3.8) is 0 Å². The summed E-state index contributed by atoms with van der Waals surface area (Å²) >= 11 is 5.67. The van der Waals surface area contributed by atoms with Crippen LogP contribution in [0.15, 0.2) is 133 Å². The fourth-order valence-corrected chi connectivity index (χ4v) is 23.8. The van der Waals surface area contributed by atoms with Crippen LogP contribution in [0.2, 0.25) is 5.02 Å². The summed E-state index contributed by atoms with van der Waals surface area (Å²) in [4.78, 5) is 36.3. The van der Waals surface area contributed by atoms with Gasteiger partial charge in [0.2, 0.25) is 5.75 Å². The van der Waals surface area contributed by atoms with Crippen LogP contribution < -0.4 is 9.47 Å². The van der Waals surface area contributed by atoms with Crippen molar-refractivity contribution in [3.8, 4) is 11.5 Å². The van der Waals surface area contributed by atoms with Gasteiger partial charge in [-0.1, -0.05) is 174 Å². The molecule has 0 aliphatic heterocycles. The van der Waals surface area contributed by atoms with Crippen LogP contribution in [0.25, 0.3) is 0 Å². The quantitative estimate of drug-likeness (QED) is 0.0437. The van der Waals surface area contributed by atoms with Crippen LogP contribution in [0.5, 0.6) is 11.5 Å². The number of carbonyl (C=O) groups is 3. The van der Waals surface area contributed by atoms with Crippen molar-refractivity contribution in [1.82, 2.24) is 0 Å². The first-order chi connectivity index (χ1) is 69.1.